The number of benzene rings is 2. The molecule has 390 valence electrons. The quantitative estimate of drug-likeness (QED) is 0.234. The zero-order valence-electron chi connectivity index (χ0n) is 42.5. The molecule has 6 aliphatic rings. The van der Waals surface area contributed by atoms with Crippen LogP contribution in [0.5, 0.6) is 0 Å². The molecule has 0 radical (unpaired) electrons. The van der Waals surface area contributed by atoms with Crippen molar-refractivity contribution in [2.24, 2.45) is 10.8 Å². The summed E-state index contributed by atoms with van der Waals surface area (Å²) in [5, 5.41) is 11.6. The number of aryl methyl sites for hydroxylation is 2. The summed E-state index contributed by atoms with van der Waals surface area (Å²) in [6, 6.07) is 12.6. The number of carbonyl (C=O) groups is 5. The standard InChI is InChI=1S/C26H36N6O3.C14H21N5O2.C12H15NO2.CH4/c1-20-14-23(30-10-12-35-13-11-30)5-4-22(20)16-29-18-26(19-29)6-8-31(9-7-26)25(34)32-17-24(15-27-32)28(3)21(2)33;1-11(20)17(2)12-7-16-19(8-12)13(21)18-5-3-14(4-6-18)9-15-10-14;1-10-8-12(3-2-11(10)9-14)13-4-6-15-7-5-13;/h4-5,14-15,17H,6-13,16,18-19H2,1-3H3;7-8,15H,3-6,9-10H2,1-2H3;2-3,8-9H,4-7H2,1H3;1H4. The van der Waals surface area contributed by atoms with Crippen LogP contribution in [0.4, 0.5) is 32.3 Å². The van der Waals surface area contributed by atoms with E-state index in [9.17, 15) is 24.0 Å². The lowest BCUT2D eigenvalue weighted by atomic mass is 9.72. The molecule has 0 unspecified atom stereocenters. The number of nitrogens with zero attached hydrogens (tertiary/aromatic N) is 11. The molecule has 6 fully saturated rings. The third-order valence-corrected chi connectivity index (χ3v) is 15.4. The number of nitrogens with one attached hydrogen (secondary N) is 1. The Morgan fingerprint density at radius 1 is 0.653 bits per heavy atom. The molecule has 19 nitrogen and oxygen atoms in total. The van der Waals surface area contributed by atoms with Crippen molar-refractivity contribution in [2.75, 3.05) is 139 Å². The first-order valence-corrected chi connectivity index (χ1v) is 25.1. The molecular formula is C53H76N12O7. The summed E-state index contributed by atoms with van der Waals surface area (Å²) in [6.45, 7) is 22.5. The van der Waals surface area contributed by atoms with Crippen molar-refractivity contribution in [3.8, 4) is 0 Å². The van der Waals surface area contributed by atoms with Gasteiger partial charge in [-0.05, 0) is 97.4 Å². The number of morpholine rings is 2. The van der Waals surface area contributed by atoms with Gasteiger partial charge in [0.2, 0.25) is 11.8 Å². The van der Waals surface area contributed by atoms with E-state index in [1.807, 2.05) is 28.9 Å². The van der Waals surface area contributed by atoms with Crippen LogP contribution in [-0.4, -0.2) is 183 Å². The van der Waals surface area contributed by atoms with Crippen LogP contribution >= 0.6 is 0 Å². The van der Waals surface area contributed by atoms with E-state index >= 15 is 0 Å². The second-order valence-corrected chi connectivity index (χ2v) is 20.2. The Hall–Kier alpha value is -6.15. The first kappa shape index (κ1) is 53.6. The van der Waals surface area contributed by atoms with Crippen molar-refractivity contribution >= 4 is 52.9 Å². The molecule has 19 heteroatoms. The molecule has 4 amide bonds. The van der Waals surface area contributed by atoms with Crippen LogP contribution in [0.25, 0.3) is 0 Å². The molecule has 2 spiro atoms. The zero-order chi connectivity index (χ0) is 50.3. The Morgan fingerprint density at radius 2 is 1.10 bits per heavy atom. The van der Waals surface area contributed by atoms with Crippen LogP contribution in [0.3, 0.4) is 0 Å². The lowest BCUT2D eigenvalue weighted by molar-refractivity contribution is -0.117. The van der Waals surface area contributed by atoms with Crippen LogP contribution in [0.2, 0.25) is 0 Å². The largest absolute Gasteiger partial charge is 0.378 e. The Labute approximate surface area is 424 Å². The number of hydrogen-bond donors (Lipinski definition) is 1. The minimum atomic E-state index is -0.116. The van der Waals surface area contributed by atoms with Gasteiger partial charge in [0.15, 0.2) is 0 Å². The molecule has 10 rings (SSSR count). The number of ether oxygens (including phenoxy) is 2. The van der Waals surface area contributed by atoms with Gasteiger partial charge in [-0.1, -0.05) is 13.5 Å². The van der Waals surface area contributed by atoms with E-state index in [1.165, 1.54) is 55.5 Å². The molecule has 6 saturated heterocycles. The van der Waals surface area contributed by atoms with Gasteiger partial charge in [-0.3, -0.25) is 19.3 Å². The highest BCUT2D eigenvalue weighted by Crippen LogP contribution is 2.42. The third kappa shape index (κ3) is 12.5. The van der Waals surface area contributed by atoms with Crippen LogP contribution in [-0.2, 0) is 25.6 Å². The number of aromatic nitrogens is 4. The predicted octanol–water partition coefficient (Wildman–Crippen LogP) is 5.38. The number of anilines is 4. The van der Waals surface area contributed by atoms with E-state index < -0.39 is 0 Å². The molecule has 1 N–H and O–H groups in total. The molecule has 4 aromatic rings. The van der Waals surface area contributed by atoms with E-state index in [4.69, 9.17) is 9.47 Å². The Morgan fingerprint density at radius 3 is 1.50 bits per heavy atom. The SMILES string of the molecule is C.CC(=O)N(C)c1cnn(C(=O)N2CCC3(CC2)CN(Cc2ccc(N4CCOCC4)cc2C)C3)c1.CC(=O)N(C)c1cnn(C(=O)N2CCC3(CC2)CNC3)c1.Cc1cc(N2CCOCC2)ccc1C=O. The number of piperidine rings is 2. The van der Waals surface area contributed by atoms with Crippen molar-refractivity contribution in [2.45, 2.75) is 67.3 Å². The molecule has 8 heterocycles. The second-order valence-electron chi connectivity index (χ2n) is 20.2. The van der Waals surface area contributed by atoms with Gasteiger partial charge in [-0.2, -0.15) is 19.6 Å². The molecule has 2 aromatic carbocycles. The van der Waals surface area contributed by atoms with E-state index in [-0.39, 0.29) is 31.3 Å². The lowest BCUT2D eigenvalue weighted by Gasteiger charge is -2.54. The van der Waals surface area contributed by atoms with E-state index in [1.54, 1.807) is 38.9 Å². The van der Waals surface area contributed by atoms with Gasteiger partial charge < -0.3 is 44.2 Å². The highest BCUT2D eigenvalue weighted by molar-refractivity contribution is 5.91. The number of carbonyl (C=O) groups excluding carboxylic acids is 5. The van der Waals surface area contributed by atoms with E-state index in [2.05, 4.69) is 61.4 Å². The fourth-order valence-corrected chi connectivity index (χ4v) is 10.3. The highest BCUT2D eigenvalue weighted by Gasteiger charge is 2.45. The number of hydrogen-bond acceptors (Lipinski definition) is 13. The summed E-state index contributed by atoms with van der Waals surface area (Å²) in [7, 11) is 3.35. The number of amides is 4. The first-order valence-electron chi connectivity index (χ1n) is 25.1. The summed E-state index contributed by atoms with van der Waals surface area (Å²) >= 11 is 0. The van der Waals surface area contributed by atoms with Gasteiger partial charge in [0.1, 0.15) is 6.29 Å². The molecular weight excluding hydrogens is 917 g/mol. The van der Waals surface area contributed by atoms with Crippen molar-refractivity contribution < 1.29 is 33.4 Å². The minimum Gasteiger partial charge on any atom is -0.378 e. The number of rotatable bonds is 7. The number of likely N-dealkylation sites (tertiary alicyclic amines) is 3. The van der Waals surface area contributed by atoms with Gasteiger partial charge in [0.05, 0.1) is 62.6 Å². The zero-order valence-corrected chi connectivity index (χ0v) is 42.5. The van der Waals surface area contributed by atoms with Crippen LogP contribution in [0, 0.1) is 24.7 Å². The fraction of sp³-hybridized carbons (Fsp3) is 0.566. The monoisotopic (exact) mass is 993 g/mol. The van der Waals surface area contributed by atoms with Gasteiger partial charge in [-0.15, -0.1) is 0 Å². The molecule has 72 heavy (non-hydrogen) atoms. The van der Waals surface area contributed by atoms with Gasteiger partial charge in [-0.25, -0.2) is 9.59 Å². The molecule has 2 aromatic heterocycles. The maximum atomic E-state index is 12.9. The first-order chi connectivity index (χ1) is 34.1. The summed E-state index contributed by atoms with van der Waals surface area (Å²) in [5.41, 5.74) is 9.03. The fourth-order valence-electron chi connectivity index (χ4n) is 10.3. The number of aldehydes is 1. The van der Waals surface area contributed by atoms with Crippen molar-refractivity contribution in [1.29, 1.82) is 0 Å². The minimum absolute atomic E-state index is 0. The van der Waals surface area contributed by atoms with Crippen molar-refractivity contribution in [3.63, 3.8) is 0 Å². The molecule has 0 bridgehead atoms. The van der Waals surface area contributed by atoms with E-state index in [0.717, 1.165) is 155 Å². The van der Waals surface area contributed by atoms with Gasteiger partial charge in [0.25, 0.3) is 0 Å². The average Bonchev–Trinajstić information content (AvgIpc) is 4.08. The van der Waals surface area contributed by atoms with Crippen LogP contribution in [0.1, 0.15) is 74.0 Å². The van der Waals surface area contributed by atoms with Crippen molar-refractivity contribution in [3.05, 3.63) is 83.4 Å². The lowest BCUT2D eigenvalue weighted by Crippen LogP contribution is -2.60. The van der Waals surface area contributed by atoms with Gasteiger partial charge >= 0.3 is 12.1 Å². The third-order valence-electron chi connectivity index (χ3n) is 15.4. The molecule has 0 saturated carbocycles. The van der Waals surface area contributed by atoms with Crippen molar-refractivity contribution in [1.82, 2.24) is 39.6 Å². The van der Waals surface area contributed by atoms with Gasteiger partial charge in [0, 0.05) is 130 Å². The summed E-state index contributed by atoms with van der Waals surface area (Å²) in [5.74, 6) is -0.172. The normalized spacial score (nSPS) is 19.1. The predicted molar refractivity (Wildman–Crippen MR) is 279 cm³/mol. The molecule has 0 atom stereocenters. The molecule has 6 aliphatic heterocycles. The topological polar surface area (TPSA) is 174 Å². The Kier molecular flexibility index (Phi) is 17.6. The Bertz CT molecular complexity index is 2500. The van der Waals surface area contributed by atoms with Crippen LogP contribution in [0.15, 0.2) is 61.2 Å². The van der Waals surface area contributed by atoms with Crippen LogP contribution < -0.4 is 24.9 Å². The van der Waals surface area contributed by atoms with E-state index in [0.29, 0.717) is 22.2 Å². The maximum Gasteiger partial charge on any atom is 0.344 e. The Balaban J connectivity index is 0.000000174. The summed E-state index contributed by atoms with van der Waals surface area (Å²) in [4.78, 5) is 72.8. The summed E-state index contributed by atoms with van der Waals surface area (Å²) < 4.78 is 13.5. The maximum absolute atomic E-state index is 12.9. The average molecular weight is 993 g/mol. The second kappa shape index (κ2) is 23.6. The molecule has 0 aliphatic carbocycles. The smallest absolute Gasteiger partial charge is 0.344 e. The highest BCUT2D eigenvalue weighted by atomic mass is 16.5. The summed E-state index contributed by atoms with van der Waals surface area (Å²) in [6.07, 6.45) is 11.4.